The molecule has 1 unspecified atom stereocenters. The van der Waals surface area contributed by atoms with Gasteiger partial charge in [0.2, 0.25) is 0 Å². The Hall–Kier alpha value is -0.120. The maximum Gasteiger partial charge on any atom is 0.359 e. The Balaban J connectivity index is 3.94. The highest BCUT2D eigenvalue weighted by molar-refractivity contribution is 4.62. The van der Waals surface area contributed by atoms with E-state index < -0.39 is 5.91 Å². The molecule has 3 heteroatoms. The van der Waals surface area contributed by atoms with Gasteiger partial charge in [0, 0.05) is 7.11 Å². The quantitative estimate of drug-likeness (QED) is 0.433. The van der Waals surface area contributed by atoms with Gasteiger partial charge in [0.15, 0.2) is 0 Å². The molecule has 3 nitrogen and oxygen atoms in total. The van der Waals surface area contributed by atoms with Gasteiger partial charge < -0.3 is 9.47 Å². The number of rotatable bonds is 4. The molecule has 0 fully saturated rings. The van der Waals surface area contributed by atoms with E-state index in [1.807, 2.05) is 32.8 Å². The topological polar surface area (TPSA) is 24.4 Å². The highest BCUT2D eigenvalue weighted by Crippen LogP contribution is 2.10. The Morgan fingerprint density at radius 2 is 1.90 bits per heavy atom. The minimum Gasteiger partial charge on any atom is -0.303 e. The fourth-order valence-electron chi connectivity index (χ4n) is 0.638. The number of hydrogen-bond acceptors (Lipinski definition) is 3. The van der Waals surface area contributed by atoms with Crippen molar-refractivity contribution in [3.63, 3.8) is 0 Å². The van der Waals surface area contributed by atoms with Gasteiger partial charge in [0.25, 0.3) is 0 Å². The Labute approximate surface area is 62.9 Å². The summed E-state index contributed by atoms with van der Waals surface area (Å²) in [6, 6.07) is 0. The molecular weight excluding hydrogens is 130 g/mol. The van der Waals surface area contributed by atoms with Gasteiger partial charge >= 0.3 is 5.91 Å². The van der Waals surface area contributed by atoms with Crippen molar-refractivity contribution >= 4 is 0 Å². The first-order valence-electron chi connectivity index (χ1n) is 3.43. The third-order valence-corrected chi connectivity index (χ3v) is 1.60. The molecule has 10 heavy (non-hydrogen) atoms. The lowest BCUT2D eigenvalue weighted by atomic mass is 10.5. The summed E-state index contributed by atoms with van der Waals surface area (Å²) in [6.45, 7) is 4.49. The second-order valence-electron chi connectivity index (χ2n) is 2.43. The maximum absolute atomic E-state index is 5.34. The van der Waals surface area contributed by atoms with E-state index in [1.165, 1.54) is 0 Å². The molecule has 0 aliphatic carbocycles. The third-order valence-electron chi connectivity index (χ3n) is 1.60. The number of nitrogens with zero attached hydrogens (tertiary/aromatic N) is 1. The van der Waals surface area contributed by atoms with Gasteiger partial charge in [0.1, 0.15) is 14.1 Å². The largest absolute Gasteiger partial charge is 0.359 e. The first kappa shape index (κ1) is 9.88. The number of hydrogen-bond donors (Lipinski definition) is 0. The average molecular weight is 147 g/mol. The van der Waals surface area contributed by atoms with Crippen LogP contribution in [-0.2, 0) is 9.47 Å². The zero-order chi connectivity index (χ0) is 8.20. The van der Waals surface area contributed by atoms with Crippen molar-refractivity contribution in [3.05, 3.63) is 0 Å². The third kappa shape index (κ3) is 2.25. The fraction of sp³-hybridized carbons (Fsp3) is 1.00. The van der Waals surface area contributed by atoms with Crippen molar-refractivity contribution < 1.29 is 9.47 Å². The molecule has 0 aromatic heterocycles. The van der Waals surface area contributed by atoms with E-state index in [4.69, 9.17) is 9.47 Å². The lowest BCUT2D eigenvalue weighted by Crippen LogP contribution is -2.49. The molecule has 0 saturated carbocycles. The summed E-state index contributed by atoms with van der Waals surface area (Å²) < 4.78 is 10.5. The molecule has 0 amide bonds. The summed E-state index contributed by atoms with van der Waals surface area (Å²) in [5.41, 5.74) is 0. The minimum absolute atomic E-state index is 0.575. The van der Waals surface area contributed by atoms with Crippen LogP contribution in [0.25, 0.3) is 0 Å². The average Bonchev–Trinajstić information content (AvgIpc) is 1.88. The molecule has 0 heterocycles. The predicted octanol–water partition coefficient (Wildman–Crippen LogP) is 0.743. The van der Waals surface area contributed by atoms with Crippen molar-refractivity contribution in [2.75, 3.05) is 27.8 Å². The van der Waals surface area contributed by atoms with Crippen molar-refractivity contribution in [2.45, 2.75) is 19.8 Å². The van der Waals surface area contributed by atoms with E-state index >= 15 is 0 Å². The van der Waals surface area contributed by atoms with Crippen molar-refractivity contribution in [1.29, 1.82) is 0 Å². The fourth-order valence-corrected chi connectivity index (χ4v) is 0.638. The minimum atomic E-state index is -0.575. The molecule has 0 spiro atoms. The van der Waals surface area contributed by atoms with Crippen LogP contribution in [0.4, 0.5) is 0 Å². The lowest BCUT2D eigenvalue weighted by Gasteiger charge is -2.24. The van der Waals surface area contributed by atoms with E-state index in [2.05, 4.69) is 0 Å². The van der Waals surface area contributed by atoms with Crippen LogP contribution in [0.2, 0.25) is 0 Å². The summed E-state index contributed by atoms with van der Waals surface area (Å²) in [7, 11) is 5.47. The van der Waals surface area contributed by atoms with Gasteiger partial charge in [-0.1, -0.05) is 0 Å². The highest BCUT2D eigenvalue weighted by Gasteiger charge is 2.36. The Bertz CT molecular complexity index is 95.6. The van der Waals surface area contributed by atoms with Crippen LogP contribution < -0.4 is 4.90 Å². The van der Waals surface area contributed by atoms with Crippen LogP contribution in [0.15, 0.2) is 0 Å². The predicted molar refractivity (Wildman–Crippen MR) is 41.0 cm³/mol. The first-order chi connectivity index (χ1) is 4.56. The monoisotopic (exact) mass is 147 g/mol. The summed E-state index contributed by atoms with van der Waals surface area (Å²) in [5.74, 6) is -0.575. The Kier molecular flexibility index (Phi) is 3.86. The van der Waals surface area contributed by atoms with Gasteiger partial charge in [-0.15, -0.1) is 4.90 Å². The summed E-state index contributed by atoms with van der Waals surface area (Å²) in [4.78, 5) is 1.89. The Morgan fingerprint density at radius 3 is 2.00 bits per heavy atom. The molecule has 0 aromatic carbocycles. The number of methoxy groups -OCH3 is 1. The molecule has 1 radical (unpaired) electrons. The maximum atomic E-state index is 5.34. The van der Waals surface area contributed by atoms with Gasteiger partial charge in [-0.2, -0.15) is 0 Å². The lowest BCUT2D eigenvalue weighted by molar-refractivity contribution is -0.251. The van der Waals surface area contributed by atoms with E-state index in [-0.39, 0.29) is 0 Å². The first-order valence-corrected chi connectivity index (χ1v) is 3.43. The molecular formula is C7H17NO2+. The summed E-state index contributed by atoms with van der Waals surface area (Å²) >= 11 is 0. The van der Waals surface area contributed by atoms with Crippen LogP contribution in [-0.4, -0.2) is 33.7 Å². The van der Waals surface area contributed by atoms with Gasteiger partial charge in [-0.25, -0.2) is 0 Å². The summed E-state index contributed by atoms with van der Waals surface area (Å²) in [6.07, 6.45) is 0. The molecule has 0 aliphatic heterocycles. The Morgan fingerprint density at radius 1 is 1.40 bits per heavy atom. The van der Waals surface area contributed by atoms with Crippen LogP contribution in [0.5, 0.6) is 0 Å². The molecule has 0 N–H and O–H groups in total. The normalized spacial score (nSPS) is 17.4. The molecule has 0 saturated heterocycles. The molecule has 0 aliphatic rings. The smallest absolute Gasteiger partial charge is 0.303 e. The van der Waals surface area contributed by atoms with E-state index in [1.54, 1.807) is 7.11 Å². The van der Waals surface area contributed by atoms with Crippen molar-refractivity contribution in [1.82, 2.24) is 4.90 Å². The van der Waals surface area contributed by atoms with E-state index in [0.717, 1.165) is 0 Å². The van der Waals surface area contributed by atoms with Crippen molar-refractivity contribution in [3.8, 4) is 0 Å². The molecule has 0 rings (SSSR count). The highest BCUT2D eigenvalue weighted by atomic mass is 16.7. The van der Waals surface area contributed by atoms with Crippen LogP contribution in [0.1, 0.15) is 13.8 Å². The molecule has 1 atom stereocenters. The zero-order valence-electron chi connectivity index (χ0n) is 7.47. The second kappa shape index (κ2) is 3.91. The molecule has 0 bridgehead atoms. The van der Waals surface area contributed by atoms with Crippen LogP contribution in [0.3, 0.4) is 0 Å². The molecule has 0 aromatic rings. The second-order valence-corrected chi connectivity index (χ2v) is 2.43. The van der Waals surface area contributed by atoms with Crippen molar-refractivity contribution in [2.24, 2.45) is 0 Å². The van der Waals surface area contributed by atoms with Crippen LogP contribution >= 0.6 is 0 Å². The zero-order valence-corrected chi connectivity index (χ0v) is 7.47. The number of ether oxygens (including phenoxy) is 2. The van der Waals surface area contributed by atoms with E-state index in [9.17, 15) is 0 Å². The van der Waals surface area contributed by atoms with Gasteiger partial charge in [-0.05, 0) is 6.92 Å². The standard InChI is InChI=1S/C7H17NO2/c1-6-10-7(2,9-5)8(3)4/h6H2,1-5H3/q+1. The van der Waals surface area contributed by atoms with Gasteiger partial charge in [-0.3, -0.25) is 0 Å². The summed E-state index contributed by atoms with van der Waals surface area (Å²) in [5, 5.41) is 0. The SMILES string of the molecule is CCOC(C)(OC)[N+](C)C. The van der Waals surface area contributed by atoms with E-state index in [0.29, 0.717) is 6.61 Å². The molecule has 61 valence electrons. The van der Waals surface area contributed by atoms with Crippen LogP contribution in [0, 0.1) is 0 Å². The van der Waals surface area contributed by atoms with Gasteiger partial charge in [0.05, 0.1) is 13.5 Å².